The minimum absolute atomic E-state index is 0.141. The number of carbonyl (C=O) groups is 7. The van der Waals surface area contributed by atoms with Gasteiger partial charge in [0.15, 0.2) is 0 Å². The number of hydrogen-bond acceptors (Lipinski definition) is 14. The summed E-state index contributed by atoms with van der Waals surface area (Å²) in [5, 5.41) is 110. The van der Waals surface area contributed by atoms with Gasteiger partial charge >= 0.3 is 41.8 Å². The number of carboxylic acid groups (broad SMARTS) is 7. The highest BCUT2D eigenvalue weighted by Gasteiger charge is 2.33. The lowest BCUT2D eigenvalue weighted by atomic mass is 9.84. The Bertz CT molecular complexity index is 1040. The molecule has 2 atom stereocenters. The van der Waals surface area contributed by atoms with Crippen molar-refractivity contribution in [2.24, 2.45) is 22.7 Å². The fraction of sp³-hybridized carbons (Fsp3) is 0.424. The molecule has 310 valence electrons. The van der Waals surface area contributed by atoms with Gasteiger partial charge in [-0.15, -0.1) is 0 Å². The Morgan fingerprint density at radius 2 is 0.759 bits per heavy atom. The van der Waals surface area contributed by atoms with Crippen LogP contribution in [0.2, 0.25) is 0 Å². The van der Waals surface area contributed by atoms with Crippen LogP contribution >= 0.6 is 0 Å². The lowest BCUT2D eigenvalue weighted by molar-refractivity contribution is -0.152. The number of rotatable bonds is 17. The number of allylic oxidation sites excluding steroid dienone is 1. The van der Waals surface area contributed by atoms with Gasteiger partial charge in [-0.05, 0) is 12.8 Å². The average molecular weight is 785 g/mol. The van der Waals surface area contributed by atoms with Gasteiger partial charge in [0.25, 0.3) is 0 Å². The zero-order valence-electron chi connectivity index (χ0n) is 29.4. The molecule has 0 amide bonds. The molecule has 0 aromatic carbocycles. The Labute approximate surface area is 310 Å². The summed E-state index contributed by atoms with van der Waals surface area (Å²) in [6.45, 7) is 11.8. The minimum atomic E-state index is -1.16. The second kappa shape index (κ2) is 38.7. The molecule has 2 unspecified atom stereocenters. The van der Waals surface area contributed by atoms with Gasteiger partial charge in [-0.1, -0.05) is 45.0 Å². The van der Waals surface area contributed by atoms with Gasteiger partial charge in [-0.2, -0.15) is 0 Å². The lowest BCUT2D eigenvalue weighted by Gasteiger charge is -2.31. The van der Waals surface area contributed by atoms with Gasteiger partial charge in [0.1, 0.15) is 0 Å². The van der Waals surface area contributed by atoms with Crippen LogP contribution in [0, 0.1) is 22.7 Å². The molecule has 0 radical (unpaired) electrons. The Balaban J connectivity index is -0.000000135. The van der Waals surface area contributed by atoms with Gasteiger partial charge in [-0.3, -0.25) is 9.59 Å². The zero-order chi connectivity index (χ0) is 43.9. The first-order valence-electron chi connectivity index (χ1n) is 14.7. The molecule has 0 aromatic heterocycles. The smallest absolute Gasteiger partial charge is 0.327 e. The molecule has 54 heavy (non-hydrogen) atoms. The Hall–Kier alpha value is -5.55. The van der Waals surface area contributed by atoms with Crippen LogP contribution < -0.4 is 0 Å². The van der Waals surface area contributed by atoms with E-state index >= 15 is 0 Å². The van der Waals surface area contributed by atoms with Crippen molar-refractivity contribution in [1.82, 2.24) is 0 Å². The molecule has 13 N–H and O–H groups in total. The first-order valence-corrected chi connectivity index (χ1v) is 14.7. The van der Waals surface area contributed by atoms with E-state index in [-0.39, 0.29) is 13.2 Å². The second-order valence-corrected chi connectivity index (χ2v) is 9.97. The number of aliphatic carboxylic acids is 7. The zero-order valence-corrected chi connectivity index (χ0v) is 29.4. The summed E-state index contributed by atoms with van der Waals surface area (Å²) in [4.78, 5) is 67.4. The lowest BCUT2D eigenvalue weighted by Crippen LogP contribution is -2.43. The molecule has 21 nitrogen and oxygen atoms in total. The van der Waals surface area contributed by atoms with Crippen LogP contribution in [0.3, 0.4) is 0 Å². The van der Waals surface area contributed by atoms with Crippen molar-refractivity contribution >= 4 is 41.8 Å². The topological polar surface area (TPSA) is 392 Å². The van der Waals surface area contributed by atoms with Crippen molar-refractivity contribution in [1.29, 1.82) is 0 Å². The Kier molecular flexibility index (Phi) is 43.4. The van der Waals surface area contributed by atoms with Crippen LogP contribution in [0.15, 0.2) is 75.4 Å². The highest BCUT2D eigenvalue weighted by atomic mass is 16.5. The van der Waals surface area contributed by atoms with Crippen molar-refractivity contribution in [2.75, 3.05) is 52.9 Å². The standard InChI is InChI=1S/C10H22O7.C8H10O4.5C3H4O2/c11-1-9(2-12,3-13)7-17-8-10(4-14,5-15)6-16;9-7(10)5-3-1-2-4-6(5)8(11)12;5*1-2-3(4)5/h11-16H,1-8H2;1,3,5-6H,2,4H2,(H,9,10)(H,11,12);5*2H,1H2,(H,4,5). The number of hydrogen-bond donors (Lipinski definition) is 13. The molecular formula is C33H52O21. The molecular weight excluding hydrogens is 732 g/mol. The predicted octanol–water partition coefficient (Wildman–Crippen LogP) is -1.05. The van der Waals surface area contributed by atoms with E-state index in [2.05, 4.69) is 32.9 Å². The highest BCUT2D eigenvalue weighted by molar-refractivity contribution is 5.82. The third-order valence-electron chi connectivity index (χ3n) is 5.73. The number of carboxylic acids is 7. The molecule has 0 fully saturated rings. The summed E-state index contributed by atoms with van der Waals surface area (Å²) in [6.07, 6.45) is 8.42. The molecule has 0 saturated carbocycles. The maximum absolute atomic E-state index is 10.6. The number of ether oxygens (including phenoxy) is 1. The maximum atomic E-state index is 10.6. The third kappa shape index (κ3) is 39.2. The molecule has 0 spiro atoms. The number of aliphatic hydroxyl groups is 6. The van der Waals surface area contributed by atoms with Crippen LogP contribution in [0.5, 0.6) is 0 Å². The first kappa shape index (κ1) is 60.5. The summed E-state index contributed by atoms with van der Waals surface area (Å²) in [5.74, 6) is -8.59. The minimum Gasteiger partial charge on any atom is -0.481 e. The van der Waals surface area contributed by atoms with Crippen LogP contribution in [0.1, 0.15) is 12.8 Å². The molecule has 0 aliphatic heterocycles. The molecule has 0 aromatic rings. The van der Waals surface area contributed by atoms with E-state index in [1.807, 2.05) is 0 Å². The summed E-state index contributed by atoms with van der Waals surface area (Å²) < 4.78 is 5.15. The van der Waals surface area contributed by atoms with E-state index in [9.17, 15) is 33.6 Å². The van der Waals surface area contributed by atoms with Gasteiger partial charge in [0.05, 0.1) is 75.5 Å². The summed E-state index contributed by atoms with van der Waals surface area (Å²) in [6, 6.07) is 0. The van der Waals surface area contributed by atoms with Crippen LogP contribution in [-0.4, -0.2) is 161 Å². The van der Waals surface area contributed by atoms with Gasteiger partial charge < -0.3 is 71.1 Å². The SMILES string of the molecule is C=CC(=O)O.C=CC(=O)O.C=CC(=O)O.C=CC(=O)O.C=CC(=O)O.O=C(O)C1C=CCCC1C(=O)O.OCC(CO)(CO)COCC(CO)(CO)CO. The van der Waals surface area contributed by atoms with E-state index < -0.39 is 104 Å². The van der Waals surface area contributed by atoms with E-state index in [0.29, 0.717) is 12.8 Å². The summed E-state index contributed by atoms with van der Waals surface area (Å²) in [5.41, 5.74) is -2.32. The van der Waals surface area contributed by atoms with Crippen molar-refractivity contribution in [3.63, 3.8) is 0 Å². The molecule has 0 bridgehead atoms. The predicted molar refractivity (Wildman–Crippen MR) is 188 cm³/mol. The average Bonchev–Trinajstić information content (AvgIpc) is 3.16. The normalized spacial score (nSPS) is 13.4. The van der Waals surface area contributed by atoms with E-state index in [0.717, 1.165) is 30.4 Å². The monoisotopic (exact) mass is 784 g/mol. The molecule has 1 rings (SSSR count). The van der Waals surface area contributed by atoms with Gasteiger partial charge in [0.2, 0.25) is 0 Å². The van der Waals surface area contributed by atoms with Crippen LogP contribution in [0.25, 0.3) is 0 Å². The van der Waals surface area contributed by atoms with Gasteiger partial charge in [0, 0.05) is 30.4 Å². The largest absolute Gasteiger partial charge is 0.481 e. The maximum Gasteiger partial charge on any atom is 0.327 e. The fourth-order valence-corrected chi connectivity index (χ4v) is 2.42. The molecule has 21 heteroatoms. The molecule has 1 aliphatic carbocycles. The van der Waals surface area contributed by atoms with Gasteiger partial charge in [-0.25, -0.2) is 24.0 Å². The molecule has 0 heterocycles. The Morgan fingerprint density at radius 1 is 0.519 bits per heavy atom. The quantitative estimate of drug-likeness (QED) is 0.0618. The fourth-order valence-electron chi connectivity index (χ4n) is 2.42. The summed E-state index contributed by atoms with van der Waals surface area (Å²) in [7, 11) is 0. The molecule has 0 saturated heterocycles. The number of aliphatic hydroxyl groups excluding tert-OH is 6. The van der Waals surface area contributed by atoms with Crippen molar-refractivity contribution in [3.8, 4) is 0 Å². The van der Waals surface area contributed by atoms with Crippen molar-refractivity contribution in [2.45, 2.75) is 12.8 Å². The first-order chi connectivity index (χ1) is 25.0. The van der Waals surface area contributed by atoms with E-state index in [4.69, 9.17) is 71.1 Å². The van der Waals surface area contributed by atoms with E-state index in [1.54, 1.807) is 6.08 Å². The van der Waals surface area contributed by atoms with Crippen molar-refractivity contribution in [3.05, 3.63) is 75.4 Å². The summed E-state index contributed by atoms with van der Waals surface area (Å²) >= 11 is 0. The van der Waals surface area contributed by atoms with E-state index in [1.165, 1.54) is 6.08 Å². The van der Waals surface area contributed by atoms with Crippen LogP contribution in [-0.2, 0) is 38.3 Å². The Morgan fingerprint density at radius 3 is 0.907 bits per heavy atom. The third-order valence-corrected chi connectivity index (χ3v) is 5.73. The van der Waals surface area contributed by atoms with Crippen LogP contribution in [0.4, 0.5) is 0 Å². The van der Waals surface area contributed by atoms with Crippen molar-refractivity contribution < 1.29 is 105 Å². The molecule has 1 aliphatic rings. The second-order valence-electron chi connectivity index (χ2n) is 9.97. The highest BCUT2D eigenvalue weighted by Crippen LogP contribution is 2.25.